The minimum Gasteiger partial charge on any atom is -0.480 e. The van der Waals surface area contributed by atoms with Gasteiger partial charge in [0.25, 0.3) is 5.91 Å². The fourth-order valence-corrected chi connectivity index (χ4v) is 3.53. The summed E-state index contributed by atoms with van der Waals surface area (Å²) in [5, 5.41) is 14.3. The third-order valence-electron chi connectivity index (χ3n) is 5.10. The maximum absolute atomic E-state index is 13.0. The highest BCUT2D eigenvalue weighted by Crippen LogP contribution is 2.23. The number of hydrogen-bond acceptors (Lipinski definition) is 4. The first kappa shape index (κ1) is 22.3. The molecule has 3 rings (SSSR count). The number of carboxylic acid groups (broad SMARTS) is 1. The third-order valence-corrected chi connectivity index (χ3v) is 5.10. The zero-order valence-electron chi connectivity index (χ0n) is 17.7. The third kappa shape index (κ3) is 5.83. The summed E-state index contributed by atoms with van der Waals surface area (Å²) in [6.45, 7) is 4.23. The number of ether oxygens (including phenoxy) is 1. The second kappa shape index (κ2) is 10.1. The summed E-state index contributed by atoms with van der Waals surface area (Å²) >= 11 is 0. The second-order valence-corrected chi connectivity index (χ2v) is 8.04. The molecule has 3 aromatic rings. The number of carboxylic acids is 1. The van der Waals surface area contributed by atoms with Crippen LogP contribution in [0.25, 0.3) is 10.8 Å². The smallest absolute Gasteiger partial charge is 0.328 e. The molecule has 0 saturated carbocycles. The Morgan fingerprint density at radius 3 is 2.23 bits per heavy atom. The maximum atomic E-state index is 13.0. The van der Waals surface area contributed by atoms with Gasteiger partial charge in [-0.25, -0.2) is 4.79 Å². The number of nitrogens with one attached hydrogen (secondary N) is 1. The number of nitrogen functional groups attached to an aromatic ring is 1. The van der Waals surface area contributed by atoms with E-state index in [-0.39, 0.29) is 18.1 Å². The number of benzene rings is 3. The molecule has 0 saturated heterocycles. The number of anilines is 1. The minimum atomic E-state index is -1.20. The summed E-state index contributed by atoms with van der Waals surface area (Å²) in [5.41, 5.74) is 7.57. The first-order chi connectivity index (χ1) is 14.8. The van der Waals surface area contributed by atoms with Crippen molar-refractivity contribution in [3.63, 3.8) is 0 Å². The Morgan fingerprint density at radius 2 is 1.61 bits per heavy atom. The monoisotopic (exact) mass is 420 g/mol. The highest BCUT2D eigenvalue weighted by Gasteiger charge is 2.32. The van der Waals surface area contributed by atoms with Gasteiger partial charge in [0.1, 0.15) is 0 Å². The molecule has 162 valence electrons. The number of hydrogen-bond donors (Lipinski definition) is 3. The minimum absolute atomic E-state index is 0.185. The first-order valence-electron chi connectivity index (χ1n) is 10.3. The van der Waals surface area contributed by atoms with Crippen molar-refractivity contribution >= 4 is 28.3 Å². The molecule has 31 heavy (non-hydrogen) atoms. The Hall–Kier alpha value is -3.38. The topological polar surface area (TPSA) is 102 Å². The molecule has 3 aromatic carbocycles. The molecular formula is C25H28N2O4. The van der Waals surface area contributed by atoms with Gasteiger partial charge in [-0.3, -0.25) is 4.79 Å². The van der Waals surface area contributed by atoms with Crippen molar-refractivity contribution in [2.24, 2.45) is 5.92 Å². The fourth-order valence-electron chi connectivity index (χ4n) is 3.53. The van der Waals surface area contributed by atoms with Crippen molar-refractivity contribution in [2.75, 3.05) is 5.73 Å². The standard InChI is InChI=1S/C25H28N2O4/c1-16(2)12-22(31-15-17-8-4-3-5-9-17)23(25(29)30)27-24(28)20-13-18-10-6-7-11-19(18)14-21(20)26/h3-11,13-14,16,22-23H,12,15,26H2,1-2H3,(H,27,28)(H,29,30)/t22-,23+/m1/s1. The summed E-state index contributed by atoms with van der Waals surface area (Å²) < 4.78 is 5.97. The highest BCUT2D eigenvalue weighted by molar-refractivity contribution is 6.05. The van der Waals surface area contributed by atoms with Gasteiger partial charge in [-0.05, 0) is 40.8 Å². The van der Waals surface area contributed by atoms with E-state index in [2.05, 4.69) is 5.32 Å². The van der Waals surface area contributed by atoms with Crippen LogP contribution in [-0.4, -0.2) is 29.1 Å². The van der Waals surface area contributed by atoms with Crippen molar-refractivity contribution in [1.29, 1.82) is 0 Å². The SMILES string of the molecule is CC(C)C[C@@H](OCc1ccccc1)[C@H](NC(=O)c1cc2ccccc2cc1N)C(=O)O. The van der Waals surface area contributed by atoms with Crippen LogP contribution >= 0.6 is 0 Å². The van der Waals surface area contributed by atoms with Crippen LogP contribution in [0.1, 0.15) is 36.2 Å². The lowest BCUT2D eigenvalue weighted by Gasteiger charge is -2.27. The molecular weight excluding hydrogens is 392 g/mol. The van der Waals surface area contributed by atoms with Gasteiger partial charge in [-0.2, -0.15) is 0 Å². The predicted molar refractivity (Wildman–Crippen MR) is 122 cm³/mol. The number of rotatable bonds is 9. The molecule has 0 aliphatic heterocycles. The summed E-state index contributed by atoms with van der Waals surface area (Å²) in [6, 6.07) is 19.3. The van der Waals surface area contributed by atoms with E-state index in [0.29, 0.717) is 12.1 Å². The summed E-state index contributed by atoms with van der Waals surface area (Å²) in [5.74, 6) is -1.50. The van der Waals surface area contributed by atoms with Gasteiger partial charge in [-0.15, -0.1) is 0 Å². The van der Waals surface area contributed by atoms with E-state index in [0.717, 1.165) is 16.3 Å². The lowest BCUT2D eigenvalue weighted by Crippen LogP contribution is -2.50. The molecule has 0 spiro atoms. The zero-order valence-corrected chi connectivity index (χ0v) is 17.7. The molecule has 6 nitrogen and oxygen atoms in total. The maximum Gasteiger partial charge on any atom is 0.328 e. The first-order valence-corrected chi connectivity index (χ1v) is 10.3. The average Bonchev–Trinajstić information content (AvgIpc) is 2.74. The van der Waals surface area contributed by atoms with E-state index in [1.54, 1.807) is 12.1 Å². The number of fused-ring (bicyclic) bond motifs is 1. The van der Waals surface area contributed by atoms with Crippen LogP contribution in [0.4, 0.5) is 5.69 Å². The predicted octanol–water partition coefficient (Wildman–Crippen LogP) is 4.24. The molecule has 6 heteroatoms. The van der Waals surface area contributed by atoms with Crippen LogP contribution < -0.4 is 11.1 Å². The molecule has 0 fully saturated rings. The van der Waals surface area contributed by atoms with Crippen LogP contribution in [-0.2, 0) is 16.1 Å². The van der Waals surface area contributed by atoms with E-state index in [1.807, 2.05) is 68.4 Å². The molecule has 0 aromatic heterocycles. The van der Waals surface area contributed by atoms with Gasteiger partial charge >= 0.3 is 5.97 Å². The van der Waals surface area contributed by atoms with Gasteiger partial charge in [0.15, 0.2) is 6.04 Å². The van der Waals surface area contributed by atoms with E-state index < -0.39 is 24.0 Å². The van der Waals surface area contributed by atoms with Crippen LogP contribution in [0.2, 0.25) is 0 Å². The van der Waals surface area contributed by atoms with Crippen LogP contribution in [0.5, 0.6) is 0 Å². The number of carbonyl (C=O) groups excluding carboxylic acids is 1. The van der Waals surface area contributed by atoms with E-state index in [9.17, 15) is 14.7 Å². The Morgan fingerprint density at radius 1 is 1.00 bits per heavy atom. The van der Waals surface area contributed by atoms with Gasteiger partial charge < -0.3 is 20.9 Å². The Balaban J connectivity index is 1.82. The van der Waals surface area contributed by atoms with Gasteiger partial charge in [0.2, 0.25) is 0 Å². The zero-order chi connectivity index (χ0) is 22.4. The molecule has 2 atom stereocenters. The average molecular weight is 421 g/mol. The van der Waals surface area contributed by atoms with Gasteiger partial charge in [-0.1, -0.05) is 68.4 Å². The highest BCUT2D eigenvalue weighted by atomic mass is 16.5. The second-order valence-electron chi connectivity index (χ2n) is 8.04. The molecule has 0 aliphatic rings. The molecule has 0 aliphatic carbocycles. The van der Waals surface area contributed by atoms with Crippen molar-refractivity contribution in [3.05, 3.63) is 77.9 Å². The van der Waals surface area contributed by atoms with Crippen molar-refractivity contribution in [2.45, 2.75) is 39.0 Å². The van der Waals surface area contributed by atoms with Crippen molar-refractivity contribution < 1.29 is 19.4 Å². The largest absolute Gasteiger partial charge is 0.480 e. The van der Waals surface area contributed by atoms with Crippen molar-refractivity contribution in [3.8, 4) is 0 Å². The Bertz CT molecular complexity index is 1050. The van der Waals surface area contributed by atoms with E-state index in [1.165, 1.54) is 0 Å². The van der Waals surface area contributed by atoms with Crippen LogP contribution in [0.15, 0.2) is 66.7 Å². The Labute approximate surface area is 182 Å². The fraction of sp³-hybridized carbons (Fsp3) is 0.280. The number of carbonyl (C=O) groups is 2. The molecule has 0 radical (unpaired) electrons. The number of aliphatic carboxylic acids is 1. The molecule has 1 amide bonds. The number of nitrogens with two attached hydrogens (primary N) is 1. The van der Waals surface area contributed by atoms with Crippen molar-refractivity contribution in [1.82, 2.24) is 5.32 Å². The molecule has 0 heterocycles. The van der Waals surface area contributed by atoms with E-state index in [4.69, 9.17) is 10.5 Å². The quantitative estimate of drug-likeness (QED) is 0.450. The van der Waals surface area contributed by atoms with Gasteiger partial charge in [0, 0.05) is 5.69 Å². The van der Waals surface area contributed by atoms with Crippen LogP contribution in [0.3, 0.4) is 0 Å². The molecule has 0 unspecified atom stereocenters. The number of amides is 1. The summed E-state index contributed by atoms with van der Waals surface area (Å²) in [6.07, 6.45) is -0.208. The normalized spacial score (nSPS) is 13.1. The summed E-state index contributed by atoms with van der Waals surface area (Å²) in [7, 11) is 0. The van der Waals surface area contributed by atoms with E-state index >= 15 is 0 Å². The summed E-state index contributed by atoms with van der Waals surface area (Å²) in [4.78, 5) is 25.1. The lowest BCUT2D eigenvalue weighted by atomic mass is 9.98. The van der Waals surface area contributed by atoms with Crippen LogP contribution in [0, 0.1) is 5.92 Å². The molecule has 4 N–H and O–H groups in total. The molecule has 0 bridgehead atoms. The van der Waals surface area contributed by atoms with Gasteiger partial charge in [0.05, 0.1) is 18.3 Å². The Kier molecular flexibility index (Phi) is 7.26. The lowest BCUT2D eigenvalue weighted by molar-refractivity contribution is -0.144.